The molecule has 0 radical (unpaired) electrons. The summed E-state index contributed by atoms with van der Waals surface area (Å²) in [4.78, 5) is 2.44. The molecule has 51 heavy (non-hydrogen) atoms. The maximum atomic E-state index is 2.45. The lowest BCUT2D eigenvalue weighted by Gasteiger charge is -2.30. The topological polar surface area (TPSA) is 8.17 Å². The summed E-state index contributed by atoms with van der Waals surface area (Å²) in [6, 6.07) is 62.7. The molecule has 8 aromatic carbocycles. The van der Waals surface area contributed by atoms with Crippen LogP contribution in [0.1, 0.15) is 25.0 Å². The Balaban J connectivity index is 1.11. The average molecular weight is 651 g/mol. The first-order chi connectivity index (χ1) is 25.1. The van der Waals surface area contributed by atoms with E-state index in [0.717, 1.165) is 22.7 Å². The molecule has 0 bridgehead atoms. The molecular weight excluding hydrogens is 617 g/mol. The van der Waals surface area contributed by atoms with Crippen LogP contribution in [0.4, 0.5) is 17.1 Å². The molecule has 0 atom stereocenters. The van der Waals surface area contributed by atoms with Crippen molar-refractivity contribution in [3.05, 3.63) is 181 Å². The summed E-state index contributed by atoms with van der Waals surface area (Å²) in [6.07, 6.45) is 0. The molecule has 9 aromatic rings. The van der Waals surface area contributed by atoms with Gasteiger partial charge in [-0.3, -0.25) is 0 Å². The smallest absolute Gasteiger partial charge is 0.0547 e. The number of aromatic nitrogens is 1. The lowest BCUT2D eigenvalue weighted by Crippen LogP contribution is -2.17. The predicted octanol–water partition coefficient (Wildman–Crippen LogP) is 13.4. The van der Waals surface area contributed by atoms with E-state index in [4.69, 9.17) is 0 Å². The van der Waals surface area contributed by atoms with Crippen LogP contribution in [0, 0.1) is 0 Å². The van der Waals surface area contributed by atoms with Gasteiger partial charge in [-0.25, -0.2) is 0 Å². The van der Waals surface area contributed by atoms with E-state index in [2.05, 4.69) is 193 Å². The summed E-state index contributed by atoms with van der Waals surface area (Å²) >= 11 is 0. The van der Waals surface area contributed by atoms with Crippen molar-refractivity contribution < 1.29 is 0 Å². The molecule has 2 aliphatic rings. The number of rotatable bonds is 5. The van der Waals surface area contributed by atoms with Crippen molar-refractivity contribution in [2.75, 3.05) is 4.90 Å². The van der Waals surface area contributed by atoms with Crippen LogP contribution in [0.2, 0.25) is 0 Å². The SMILES string of the molecule is CC1(C)c2ccccc2-c2ccc(N(c3ccc(-n4c5cccc6c5c5c7c-6cccc7ccc54)cc3)c3ccccc3-c3ccccc3)cc21. The zero-order valence-electron chi connectivity index (χ0n) is 28.6. The van der Waals surface area contributed by atoms with Crippen LogP contribution in [-0.2, 0) is 5.41 Å². The molecule has 0 amide bonds. The Morgan fingerprint density at radius 3 is 1.92 bits per heavy atom. The first-order valence-corrected chi connectivity index (χ1v) is 17.9. The first kappa shape index (κ1) is 28.5. The molecule has 0 spiro atoms. The van der Waals surface area contributed by atoms with Gasteiger partial charge in [-0.2, -0.15) is 0 Å². The average Bonchev–Trinajstić information content (AvgIpc) is 3.79. The van der Waals surface area contributed by atoms with Crippen LogP contribution in [0.15, 0.2) is 170 Å². The number of hydrogen-bond acceptors (Lipinski definition) is 1. The summed E-state index contributed by atoms with van der Waals surface area (Å²) in [5, 5.41) is 5.42. The Bertz CT molecular complexity index is 2870. The van der Waals surface area contributed by atoms with E-state index >= 15 is 0 Å². The highest BCUT2D eigenvalue weighted by Gasteiger charge is 2.36. The predicted molar refractivity (Wildman–Crippen MR) is 215 cm³/mol. The molecule has 1 heterocycles. The third kappa shape index (κ3) is 3.88. The molecule has 0 fully saturated rings. The summed E-state index contributed by atoms with van der Waals surface area (Å²) in [5.41, 5.74) is 17.5. The van der Waals surface area contributed by atoms with E-state index in [1.807, 2.05) is 0 Å². The van der Waals surface area contributed by atoms with Crippen LogP contribution < -0.4 is 4.90 Å². The number of benzene rings is 8. The van der Waals surface area contributed by atoms with Crippen LogP contribution in [0.5, 0.6) is 0 Å². The molecule has 2 aliphatic carbocycles. The Morgan fingerprint density at radius 1 is 0.431 bits per heavy atom. The van der Waals surface area contributed by atoms with Gasteiger partial charge in [0.25, 0.3) is 0 Å². The summed E-state index contributed by atoms with van der Waals surface area (Å²) in [5.74, 6) is 0. The second-order valence-electron chi connectivity index (χ2n) is 14.5. The number of para-hydroxylation sites is 1. The van der Waals surface area contributed by atoms with E-state index in [-0.39, 0.29) is 5.41 Å². The highest BCUT2D eigenvalue weighted by molar-refractivity contribution is 6.33. The second kappa shape index (κ2) is 10.3. The fourth-order valence-electron chi connectivity index (χ4n) is 9.19. The van der Waals surface area contributed by atoms with Gasteiger partial charge in [0.1, 0.15) is 0 Å². The molecule has 0 N–H and O–H groups in total. The third-order valence-electron chi connectivity index (χ3n) is 11.5. The molecule has 2 nitrogen and oxygen atoms in total. The van der Waals surface area contributed by atoms with E-state index in [1.165, 1.54) is 77.1 Å². The van der Waals surface area contributed by atoms with Crippen molar-refractivity contribution in [1.82, 2.24) is 4.57 Å². The maximum absolute atomic E-state index is 2.45. The van der Waals surface area contributed by atoms with Gasteiger partial charge in [0.2, 0.25) is 0 Å². The van der Waals surface area contributed by atoms with Gasteiger partial charge in [-0.05, 0) is 104 Å². The monoisotopic (exact) mass is 650 g/mol. The summed E-state index contributed by atoms with van der Waals surface area (Å²) in [6.45, 7) is 4.72. The standard InChI is InChI=1S/C49H34N2/c1-49(2)41-19-8-6-16-37(41)38-28-27-35(30-42(38)49)50(43-20-9-7-15-36(43)31-12-4-3-5-13-31)33-23-25-34(26-24-33)51-44-21-11-18-40-39-17-10-14-32-22-29-45(51)48(46(32)39)47(40)44/h3-30H,1-2H3. The van der Waals surface area contributed by atoms with E-state index < -0.39 is 0 Å². The van der Waals surface area contributed by atoms with Gasteiger partial charge in [-0.1, -0.05) is 129 Å². The van der Waals surface area contributed by atoms with Crippen LogP contribution in [-0.4, -0.2) is 4.57 Å². The van der Waals surface area contributed by atoms with Crippen LogP contribution in [0.25, 0.3) is 71.6 Å². The van der Waals surface area contributed by atoms with Gasteiger partial charge in [-0.15, -0.1) is 0 Å². The van der Waals surface area contributed by atoms with Crippen molar-refractivity contribution in [2.24, 2.45) is 0 Å². The molecule has 2 heteroatoms. The van der Waals surface area contributed by atoms with Crippen molar-refractivity contribution in [3.8, 4) is 39.1 Å². The van der Waals surface area contributed by atoms with Gasteiger partial charge in [0.15, 0.2) is 0 Å². The second-order valence-corrected chi connectivity index (χ2v) is 14.5. The molecule has 0 saturated carbocycles. The maximum Gasteiger partial charge on any atom is 0.0547 e. The number of nitrogens with zero attached hydrogens (tertiary/aromatic N) is 2. The third-order valence-corrected chi connectivity index (χ3v) is 11.5. The van der Waals surface area contributed by atoms with E-state index in [0.29, 0.717) is 0 Å². The number of hydrogen-bond donors (Lipinski definition) is 0. The fourth-order valence-corrected chi connectivity index (χ4v) is 9.19. The summed E-state index contributed by atoms with van der Waals surface area (Å²) in [7, 11) is 0. The Kier molecular flexibility index (Phi) is 5.76. The van der Waals surface area contributed by atoms with Gasteiger partial charge >= 0.3 is 0 Å². The molecule has 11 rings (SSSR count). The fraction of sp³-hybridized carbons (Fsp3) is 0.0612. The van der Waals surface area contributed by atoms with Crippen molar-refractivity contribution in [3.63, 3.8) is 0 Å². The van der Waals surface area contributed by atoms with Crippen LogP contribution >= 0.6 is 0 Å². The Labute approximate surface area is 297 Å². The minimum atomic E-state index is -0.0964. The highest BCUT2D eigenvalue weighted by Crippen LogP contribution is 2.52. The quantitative estimate of drug-likeness (QED) is 0.180. The molecular formula is C49H34N2. The molecule has 0 aliphatic heterocycles. The molecule has 240 valence electrons. The minimum Gasteiger partial charge on any atom is -0.310 e. The molecule has 0 unspecified atom stereocenters. The molecule has 0 saturated heterocycles. The van der Waals surface area contributed by atoms with Crippen molar-refractivity contribution >= 4 is 49.6 Å². The molecule has 1 aromatic heterocycles. The lowest BCUT2D eigenvalue weighted by molar-refractivity contribution is 0.660. The number of fused-ring (bicyclic) bond motifs is 4. The van der Waals surface area contributed by atoms with E-state index in [1.54, 1.807) is 0 Å². The zero-order valence-corrected chi connectivity index (χ0v) is 28.6. The zero-order chi connectivity index (χ0) is 33.8. The lowest BCUT2D eigenvalue weighted by atomic mass is 9.82. The normalized spacial score (nSPS) is 13.5. The largest absolute Gasteiger partial charge is 0.310 e. The van der Waals surface area contributed by atoms with E-state index in [9.17, 15) is 0 Å². The Hall–Kier alpha value is -6.38. The van der Waals surface area contributed by atoms with Crippen molar-refractivity contribution in [1.29, 1.82) is 0 Å². The number of anilines is 3. The van der Waals surface area contributed by atoms with Crippen molar-refractivity contribution in [2.45, 2.75) is 19.3 Å². The van der Waals surface area contributed by atoms with Crippen LogP contribution in [0.3, 0.4) is 0 Å². The minimum absolute atomic E-state index is 0.0964. The summed E-state index contributed by atoms with van der Waals surface area (Å²) < 4.78 is 2.45. The van der Waals surface area contributed by atoms with Gasteiger partial charge < -0.3 is 9.47 Å². The highest BCUT2D eigenvalue weighted by atomic mass is 15.1. The first-order valence-electron chi connectivity index (χ1n) is 17.9. The van der Waals surface area contributed by atoms with Gasteiger partial charge in [0, 0.05) is 38.8 Å². The Morgan fingerprint density at radius 2 is 1.08 bits per heavy atom. The van der Waals surface area contributed by atoms with Gasteiger partial charge in [0.05, 0.1) is 16.7 Å².